The molecule has 0 radical (unpaired) electrons. The summed E-state index contributed by atoms with van der Waals surface area (Å²) in [5.74, 6) is 0.433. The molecule has 0 aromatic heterocycles. The summed E-state index contributed by atoms with van der Waals surface area (Å²) in [5, 5.41) is 7.06. The number of nitrogens with two attached hydrogens (primary N) is 1. The number of rotatable bonds is 5. The summed E-state index contributed by atoms with van der Waals surface area (Å²) >= 11 is 0. The predicted molar refractivity (Wildman–Crippen MR) is 69.5 cm³/mol. The van der Waals surface area contributed by atoms with Crippen LogP contribution in [-0.4, -0.2) is 39.3 Å². The summed E-state index contributed by atoms with van der Waals surface area (Å²) in [6, 6.07) is 4.57. The van der Waals surface area contributed by atoms with Gasteiger partial charge in [0.25, 0.3) is 0 Å². The Labute approximate surface area is 107 Å². The zero-order valence-electron chi connectivity index (χ0n) is 10.6. The average Bonchev–Trinajstić information content (AvgIpc) is 2.26. The van der Waals surface area contributed by atoms with Crippen molar-refractivity contribution in [3.63, 3.8) is 0 Å². The third-order valence-electron chi connectivity index (χ3n) is 2.31. The minimum absolute atomic E-state index is 0.0133. The number of nitrogens with one attached hydrogen (secondary N) is 1. The second-order valence-corrected chi connectivity index (χ2v) is 6.18. The molecule has 100 valence electrons. The van der Waals surface area contributed by atoms with E-state index in [9.17, 15) is 8.42 Å². The molecule has 3 N–H and O–H groups in total. The lowest BCUT2D eigenvalue weighted by molar-refractivity contribution is 0.371. The fourth-order valence-corrected chi connectivity index (χ4v) is 2.30. The van der Waals surface area contributed by atoms with E-state index in [1.54, 1.807) is 13.0 Å². The first kappa shape index (κ1) is 14.5. The van der Waals surface area contributed by atoms with E-state index < -0.39 is 10.0 Å². The number of benzene rings is 1. The van der Waals surface area contributed by atoms with E-state index >= 15 is 0 Å². The van der Waals surface area contributed by atoms with Gasteiger partial charge in [0.15, 0.2) is 0 Å². The molecule has 0 saturated heterocycles. The predicted octanol–water partition coefficient (Wildman–Crippen LogP) is 0.560. The third-order valence-corrected chi connectivity index (χ3v) is 4.12. The lowest BCUT2D eigenvalue weighted by Crippen LogP contribution is -2.22. The number of hydrogen-bond donors (Lipinski definition) is 2. The molecule has 18 heavy (non-hydrogen) atoms. The van der Waals surface area contributed by atoms with Crippen molar-refractivity contribution in [2.75, 3.05) is 20.7 Å². The van der Waals surface area contributed by atoms with Crippen LogP contribution in [-0.2, 0) is 10.0 Å². The Balaban J connectivity index is 3.03. The van der Waals surface area contributed by atoms with Crippen LogP contribution in [0.15, 0.2) is 23.1 Å². The van der Waals surface area contributed by atoms with Gasteiger partial charge in [-0.25, -0.2) is 12.7 Å². The Morgan fingerprint density at radius 1 is 1.44 bits per heavy atom. The zero-order chi connectivity index (χ0) is 13.9. The Kier molecular flexibility index (Phi) is 4.31. The van der Waals surface area contributed by atoms with Crippen LogP contribution in [0.1, 0.15) is 5.56 Å². The fraction of sp³-hybridized carbons (Fsp3) is 0.364. The maximum Gasteiger partial charge on any atom is 0.242 e. The number of ether oxygens (including phenoxy) is 1. The van der Waals surface area contributed by atoms with Crippen LogP contribution in [0.5, 0.6) is 5.75 Å². The highest BCUT2D eigenvalue weighted by Crippen LogP contribution is 2.23. The van der Waals surface area contributed by atoms with Crippen molar-refractivity contribution >= 4 is 15.9 Å². The SMILES string of the molecule is Cc1cc(S(=O)(=O)N(C)C)ccc1OCC(=N)N. The summed E-state index contributed by atoms with van der Waals surface area (Å²) in [7, 11) is -0.483. The Morgan fingerprint density at radius 3 is 2.50 bits per heavy atom. The smallest absolute Gasteiger partial charge is 0.242 e. The molecule has 0 fully saturated rings. The van der Waals surface area contributed by atoms with Crippen molar-refractivity contribution in [2.24, 2.45) is 5.73 Å². The Bertz CT molecular complexity index is 553. The number of nitrogens with zero attached hydrogens (tertiary/aromatic N) is 1. The molecule has 0 aliphatic heterocycles. The van der Waals surface area contributed by atoms with Gasteiger partial charge in [0.05, 0.1) is 4.90 Å². The van der Waals surface area contributed by atoms with Crippen LogP contribution in [0, 0.1) is 12.3 Å². The molecule has 0 saturated carbocycles. The number of sulfonamides is 1. The molecular formula is C11H17N3O3S. The number of hydrogen-bond acceptors (Lipinski definition) is 4. The second-order valence-electron chi connectivity index (χ2n) is 4.03. The fourth-order valence-electron chi connectivity index (χ4n) is 1.31. The maximum atomic E-state index is 11.9. The molecule has 6 nitrogen and oxygen atoms in total. The van der Waals surface area contributed by atoms with E-state index in [4.69, 9.17) is 15.9 Å². The molecule has 0 heterocycles. The summed E-state index contributed by atoms with van der Waals surface area (Å²) in [6.45, 7) is 1.73. The topological polar surface area (TPSA) is 96.5 Å². The van der Waals surface area contributed by atoms with Gasteiger partial charge in [-0.3, -0.25) is 5.41 Å². The zero-order valence-corrected chi connectivity index (χ0v) is 11.4. The van der Waals surface area contributed by atoms with Crippen molar-refractivity contribution in [3.8, 4) is 5.75 Å². The van der Waals surface area contributed by atoms with Gasteiger partial charge in [0, 0.05) is 14.1 Å². The summed E-state index contributed by atoms with van der Waals surface area (Å²) in [4.78, 5) is 0.208. The second kappa shape index (κ2) is 5.36. The molecular weight excluding hydrogens is 254 g/mol. The molecule has 0 aliphatic rings. The molecule has 1 rings (SSSR count). The molecule has 1 aromatic carbocycles. The van der Waals surface area contributed by atoms with Crippen LogP contribution in [0.2, 0.25) is 0 Å². The van der Waals surface area contributed by atoms with Gasteiger partial charge in [-0.15, -0.1) is 0 Å². The average molecular weight is 271 g/mol. The van der Waals surface area contributed by atoms with E-state index in [1.807, 2.05) is 0 Å². The first-order chi connectivity index (χ1) is 8.25. The van der Waals surface area contributed by atoms with Gasteiger partial charge in [0.2, 0.25) is 10.0 Å². The van der Waals surface area contributed by atoms with E-state index in [1.165, 1.54) is 26.2 Å². The van der Waals surface area contributed by atoms with Crippen molar-refractivity contribution < 1.29 is 13.2 Å². The lowest BCUT2D eigenvalue weighted by Gasteiger charge is -2.13. The van der Waals surface area contributed by atoms with Gasteiger partial charge < -0.3 is 10.5 Å². The summed E-state index contributed by atoms with van der Waals surface area (Å²) in [5.41, 5.74) is 5.86. The highest BCUT2D eigenvalue weighted by Gasteiger charge is 2.18. The van der Waals surface area contributed by atoms with Crippen molar-refractivity contribution in [1.82, 2.24) is 4.31 Å². The highest BCUT2D eigenvalue weighted by atomic mass is 32.2. The Morgan fingerprint density at radius 2 is 2.06 bits per heavy atom. The van der Waals surface area contributed by atoms with E-state index in [0.717, 1.165) is 4.31 Å². The number of aryl methyl sites for hydroxylation is 1. The van der Waals surface area contributed by atoms with Gasteiger partial charge in [0.1, 0.15) is 18.2 Å². The molecule has 1 aromatic rings. The minimum Gasteiger partial charge on any atom is -0.485 e. The third kappa shape index (κ3) is 3.21. The highest BCUT2D eigenvalue weighted by molar-refractivity contribution is 7.89. The first-order valence-corrected chi connectivity index (χ1v) is 6.68. The van der Waals surface area contributed by atoms with Crippen molar-refractivity contribution in [3.05, 3.63) is 23.8 Å². The summed E-state index contributed by atoms with van der Waals surface area (Å²) in [6.07, 6.45) is 0. The van der Waals surface area contributed by atoms with E-state index in [2.05, 4.69) is 0 Å². The lowest BCUT2D eigenvalue weighted by atomic mass is 10.2. The molecule has 0 unspecified atom stereocenters. The van der Waals surface area contributed by atoms with E-state index in [0.29, 0.717) is 11.3 Å². The maximum absolute atomic E-state index is 11.9. The minimum atomic E-state index is -3.44. The monoisotopic (exact) mass is 271 g/mol. The van der Waals surface area contributed by atoms with Gasteiger partial charge >= 0.3 is 0 Å². The standard InChI is InChI=1S/C11H17N3O3S/c1-8-6-9(18(15,16)14(2)3)4-5-10(8)17-7-11(12)13/h4-6H,7H2,1-3H3,(H3,12,13). The quantitative estimate of drug-likeness (QED) is 0.604. The largest absolute Gasteiger partial charge is 0.485 e. The van der Waals surface area contributed by atoms with Crippen LogP contribution in [0.3, 0.4) is 0 Å². The molecule has 0 atom stereocenters. The first-order valence-electron chi connectivity index (χ1n) is 5.24. The Hall–Kier alpha value is -1.60. The van der Waals surface area contributed by atoms with Crippen molar-refractivity contribution in [2.45, 2.75) is 11.8 Å². The summed E-state index contributed by atoms with van der Waals surface area (Å²) < 4.78 is 30.2. The van der Waals surface area contributed by atoms with Crippen LogP contribution in [0.25, 0.3) is 0 Å². The molecule has 0 aliphatic carbocycles. The number of amidine groups is 1. The molecule has 0 amide bonds. The van der Waals surface area contributed by atoms with Crippen LogP contribution in [0.4, 0.5) is 0 Å². The van der Waals surface area contributed by atoms with E-state index in [-0.39, 0.29) is 17.3 Å². The van der Waals surface area contributed by atoms with Gasteiger partial charge in [-0.2, -0.15) is 0 Å². The van der Waals surface area contributed by atoms with Crippen LogP contribution >= 0.6 is 0 Å². The normalized spacial score (nSPS) is 11.6. The van der Waals surface area contributed by atoms with Crippen molar-refractivity contribution in [1.29, 1.82) is 5.41 Å². The molecule has 0 bridgehead atoms. The molecule has 0 spiro atoms. The van der Waals surface area contributed by atoms with Gasteiger partial charge in [-0.05, 0) is 30.7 Å². The van der Waals surface area contributed by atoms with Gasteiger partial charge in [-0.1, -0.05) is 0 Å². The van der Waals surface area contributed by atoms with Crippen LogP contribution < -0.4 is 10.5 Å². The molecule has 7 heteroatoms.